The quantitative estimate of drug-likeness (QED) is 0.750. The Morgan fingerprint density at radius 1 is 1.33 bits per heavy atom. The van der Waals surface area contributed by atoms with Crippen molar-refractivity contribution < 1.29 is 28.7 Å². The molecule has 0 unspecified atom stereocenters. The monoisotopic (exact) mass is 379 g/mol. The SMILES string of the molecule is COc1cc(-c2onc(N3CCN(CCCO)CC3)c2C(=O)O)ccc1F. The number of benzene rings is 1. The Morgan fingerprint density at radius 2 is 2.07 bits per heavy atom. The third kappa shape index (κ3) is 4.04. The van der Waals surface area contributed by atoms with E-state index in [0.717, 1.165) is 19.6 Å². The summed E-state index contributed by atoms with van der Waals surface area (Å²) in [6.07, 6.45) is 0.709. The van der Waals surface area contributed by atoms with Crippen molar-refractivity contribution in [1.29, 1.82) is 0 Å². The summed E-state index contributed by atoms with van der Waals surface area (Å²) in [6, 6.07) is 4.02. The second-order valence-electron chi connectivity index (χ2n) is 6.27. The first kappa shape index (κ1) is 19.1. The molecule has 0 saturated carbocycles. The van der Waals surface area contributed by atoms with Gasteiger partial charge in [0, 0.05) is 44.9 Å². The topological polar surface area (TPSA) is 99.3 Å². The maximum atomic E-state index is 13.6. The van der Waals surface area contributed by atoms with Crippen molar-refractivity contribution in [2.24, 2.45) is 0 Å². The molecule has 1 aromatic carbocycles. The lowest BCUT2D eigenvalue weighted by Crippen LogP contribution is -2.47. The Morgan fingerprint density at radius 3 is 2.70 bits per heavy atom. The minimum atomic E-state index is -1.16. The molecule has 1 aromatic heterocycles. The highest BCUT2D eigenvalue weighted by atomic mass is 19.1. The Balaban J connectivity index is 1.86. The smallest absolute Gasteiger partial charge is 0.343 e. The van der Waals surface area contributed by atoms with Crippen LogP contribution in [0.5, 0.6) is 5.75 Å². The molecule has 27 heavy (non-hydrogen) atoms. The Hall–Kier alpha value is -2.65. The van der Waals surface area contributed by atoms with E-state index in [1.807, 2.05) is 4.90 Å². The number of aliphatic hydroxyl groups excluding tert-OH is 1. The third-order valence-corrected chi connectivity index (χ3v) is 4.61. The number of aromatic nitrogens is 1. The molecule has 1 saturated heterocycles. The number of carboxylic acid groups (broad SMARTS) is 1. The van der Waals surface area contributed by atoms with E-state index in [1.165, 1.54) is 25.3 Å². The second kappa shape index (κ2) is 8.36. The van der Waals surface area contributed by atoms with Crippen LogP contribution in [0, 0.1) is 5.82 Å². The van der Waals surface area contributed by atoms with E-state index in [0.29, 0.717) is 25.1 Å². The predicted molar refractivity (Wildman–Crippen MR) is 95.8 cm³/mol. The number of nitrogens with zero attached hydrogens (tertiary/aromatic N) is 3. The van der Waals surface area contributed by atoms with Crippen molar-refractivity contribution >= 4 is 11.8 Å². The molecule has 146 valence electrons. The van der Waals surface area contributed by atoms with Crippen LogP contribution >= 0.6 is 0 Å². The molecule has 1 aliphatic heterocycles. The van der Waals surface area contributed by atoms with Crippen LogP contribution in [0.15, 0.2) is 22.7 Å². The van der Waals surface area contributed by atoms with Crippen LogP contribution in [0.2, 0.25) is 0 Å². The molecule has 0 amide bonds. The fourth-order valence-electron chi connectivity index (χ4n) is 3.17. The van der Waals surface area contributed by atoms with E-state index in [9.17, 15) is 14.3 Å². The number of methoxy groups -OCH3 is 1. The van der Waals surface area contributed by atoms with Crippen molar-refractivity contribution in [3.05, 3.63) is 29.6 Å². The molecule has 2 aromatic rings. The number of hydrogen-bond acceptors (Lipinski definition) is 7. The minimum absolute atomic E-state index is 0.000661. The molecule has 1 fully saturated rings. The molecule has 0 atom stereocenters. The molecule has 2 heterocycles. The number of carbonyl (C=O) groups is 1. The number of rotatable bonds is 7. The molecular weight excluding hydrogens is 357 g/mol. The number of halogens is 1. The number of carboxylic acids is 1. The van der Waals surface area contributed by atoms with Crippen molar-refractivity contribution in [3.8, 4) is 17.1 Å². The average molecular weight is 379 g/mol. The van der Waals surface area contributed by atoms with Gasteiger partial charge in [0.05, 0.1) is 7.11 Å². The van der Waals surface area contributed by atoms with E-state index in [4.69, 9.17) is 14.4 Å². The zero-order valence-corrected chi connectivity index (χ0v) is 15.0. The molecule has 3 rings (SSSR count). The van der Waals surface area contributed by atoms with Gasteiger partial charge in [-0.2, -0.15) is 0 Å². The standard InChI is InChI=1S/C18H22FN3O5/c1-26-14-11-12(3-4-13(14)19)16-15(18(24)25)17(20-27-16)22-8-6-21(7-9-22)5-2-10-23/h3-4,11,23H,2,5-10H2,1H3,(H,24,25). The predicted octanol–water partition coefficient (Wildman–Crippen LogP) is 1.69. The zero-order chi connectivity index (χ0) is 19.4. The molecule has 9 heteroatoms. The fourth-order valence-corrected chi connectivity index (χ4v) is 3.17. The maximum Gasteiger partial charge on any atom is 0.343 e. The normalized spacial score (nSPS) is 15.1. The van der Waals surface area contributed by atoms with Gasteiger partial charge in [0.1, 0.15) is 0 Å². The van der Waals surface area contributed by atoms with Gasteiger partial charge in [0.15, 0.2) is 28.7 Å². The number of aromatic carboxylic acids is 1. The van der Waals surface area contributed by atoms with E-state index in [-0.39, 0.29) is 29.5 Å². The van der Waals surface area contributed by atoms with Gasteiger partial charge in [0.25, 0.3) is 0 Å². The highest BCUT2D eigenvalue weighted by Gasteiger charge is 2.29. The average Bonchev–Trinajstić information content (AvgIpc) is 3.12. The highest BCUT2D eigenvalue weighted by molar-refractivity contribution is 5.99. The number of piperazine rings is 1. The molecule has 1 aliphatic rings. The molecule has 0 bridgehead atoms. The van der Waals surface area contributed by atoms with Crippen LogP contribution in [-0.2, 0) is 0 Å². The molecule has 0 radical (unpaired) electrons. The van der Waals surface area contributed by atoms with Crippen molar-refractivity contribution in [2.45, 2.75) is 6.42 Å². The van der Waals surface area contributed by atoms with E-state index in [2.05, 4.69) is 10.1 Å². The van der Waals surface area contributed by atoms with Crippen LogP contribution < -0.4 is 9.64 Å². The first-order chi connectivity index (χ1) is 13.0. The number of hydrogen-bond donors (Lipinski definition) is 2. The summed E-state index contributed by atoms with van der Waals surface area (Å²) in [6.45, 7) is 3.64. The zero-order valence-electron chi connectivity index (χ0n) is 15.0. The summed E-state index contributed by atoms with van der Waals surface area (Å²) in [5, 5.41) is 22.6. The van der Waals surface area contributed by atoms with E-state index >= 15 is 0 Å². The molecule has 2 N–H and O–H groups in total. The summed E-state index contributed by atoms with van der Waals surface area (Å²) in [7, 11) is 1.34. The Labute approximate surface area is 155 Å². The van der Waals surface area contributed by atoms with Crippen LogP contribution in [0.1, 0.15) is 16.8 Å². The third-order valence-electron chi connectivity index (χ3n) is 4.61. The van der Waals surface area contributed by atoms with Crippen LogP contribution in [0.4, 0.5) is 10.2 Å². The van der Waals surface area contributed by atoms with Crippen LogP contribution in [0.25, 0.3) is 11.3 Å². The lowest BCUT2D eigenvalue weighted by Gasteiger charge is -2.34. The van der Waals surface area contributed by atoms with Gasteiger partial charge in [-0.05, 0) is 24.6 Å². The van der Waals surface area contributed by atoms with Gasteiger partial charge in [-0.3, -0.25) is 4.90 Å². The van der Waals surface area contributed by atoms with Crippen LogP contribution in [-0.4, -0.2) is 72.7 Å². The number of anilines is 1. The summed E-state index contributed by atoms with van der Waals surface area (Å²) in [5.74, 6) is -1.37. The highest BCUT2D eigenvalue weighted by Crippen LogP contribution is 2.34. The molecule has 0 spiro atoms. The lowest BCUT2D eigenvalue weighted by molar-refractivity contribution is 0.0697. The second-order valence-corrected chi connectivity index (χ2v) is 6.27. The number of aliphatic hydroxyl groups is 1. The Bertz CT molecular complexity index is 802. The molecular formula is C18H22FN3O5. The van der Waals surface area contributed by atoms with Crippen molar-refractivity contribution in [3.63, 3.8) is 0 Å². The molecule has 0 aliphatic carbocycles. The lowest BCUT2D eigenvalue weighted by atomic mass is 10.1. The van der Waals surface area contributed by atoms with Gasteiger partial charge in [0.2, 0.25) is 0 Å². The van der Waals surface area contributed by atoms with Gasteiger partial charge in [-0.1, -0.05) is 5.16 Å². The minimum Gasteiger partial charge on any atom is -0.494 e. The summed E-state index contributed by atoms with van der Waals surface area (Å²) in [4.78, 5) is 16.0. The van der Waals surface area contributed by atoms with Gasteiger partial charge in [-0.15, -0.1) is 0 Å². The van der Waals surface area contributed by atoms with Crippen molar-refractivity contribution in [2.75, 3.05) is 51.3 Å². The van der Waals surface area contributed by atoms with Gasteiger partial charge in [-0.25, -0.2) is 9.18 Å². The first-order valence-corrected chi connectivity index (χ1v) is 8.70. The first-order valence-electron chi connectivity index (χ1n) is 8.70. The van der Waals surface area contributed by atoms with Gasteiger partial charge >= 0.3 is 5.97 Å². The summed E-state index contributed by atoms with van der Waals surface area (Å²) >= 11 is 0. The Kier molecular flexibility index (Phi) is 5.92. The van der Waals surface area contributed by atoms with E-state index < -0.39 is 11.8 Å². The fraction of sp³-hybridized carbons (Fsp3) is 0.444. The van der Waals surface area contributed by atoms with Crippen molar-refractivity contribution in [1.82, 2.24) is 10.1 Å². The van der Waals surface area contributed by atoms with E-state index in [1.54, 1.807) is 0 Å². The summed E-state index contributed by atoms with van der Waals surface area (Å²) < 4.78 is 23.9. The van der Waals surface area contributed by atoms with Crippen LogP contribution in [0.3, 0.4) is 0 Å². The van der Waals surface area contributed by atoms with Gasteiger partial charge < -0.3 is 24.4 Å². The summed E-state index contributed by atoms with van der Waals surface area (Å²) in [5.41, 5.74) is 0.332. The molecule has 8 nitrogen and oxygen atoms in total. The number of ether oxygens (including phenoxy) is 1. The largest absolute Gasteiger partial charge is 0.494 e. The maximum absolute atomic E-state index is 13.6.